The molecular weight excluding hydrogens is 166 g/mol. The summed E-state index contributed by atoms with van der Waals surface area (Å²) in [5.41, 5.74) is 0. The Morgan fingerprint density at radius 2 is 2.08 bits per heavy atom. The minimum atomic E-state index is -0.161. The van der Waals surface area contributed by atoms with Crippen LogP contribution < -0.4 is 5.32 Å². The maximum atomic E-state index is 9.59. The highest BCUT2D eigenvalue weighted by Gasteiger charge is 2.29. The Morgan fingerprint density at radius 3 is 2.54 bits per heavy atom. The summed E-state index contributed by atoms with van der Waals surface area (Å²) in [4.78, 5) is 0. The van der Waals surface area contributed by atoms with Crippen molar-refractivity contribution in [2.75, 3.05) is 13.7 Å². The number of aliphatic hydroxyl groups is 1. The summed E-state index contributed by atoms with van der Waals surface area (Å²) >= 11 is 0. The van der Waals surface area contributed by atoms with Crippen molar-refractivity contribution < 1.29 is 9.84 Å². The van der Waals surface area contributed by atoms with E-state index in [0.717, 1.165) is 0 Å². The molecule has 1 fully saturated rings. The lowest BCUT2D eigenvalue weighted by Crippen LogP contribution is -2.41. The van der Waals surface area contributed by atoms with Gasteiger partial charge in [0.2, 0.25) is 0 Å². The van der Waals surface area contributed by atoms with E-state index in [4.69, 9.17) is 4.74 Å². The van der Waals surface area contributed by atoms with Crippen molar-refractivity contribution in [1.82, 2.24) is 5.32 Å². The first-order chi connectivity index (χ1) is 6.15. The van der Waals surface area contributed by atoms with Crippen LogP contribution in [0.1, 0.15) is 26.7 Å². The number of hydrogen-bond acceptors (Lipinski definition) is 3. The average molecular weight is 187 g/mol. The predicted octanol–water partition coefficient (Wildman–Crippen LogP) is 0.770. The van der Waals surface area contributed by atoms with Crippen LogP contribution in [0.3, 0.4) is 0 Å². The fourth-order valence-corrected chi connectivity index (χ4v) is 1.32. The molecule has 2 N–H and O–H groups in total. The molecule has 1 rings (SSSR count). The molecule has 3 atom stereocenters. The van der Waals surface area contributed by atoms with Gasteiger partial charge in [-0.2, -0.15) is 0 Å². The van der Waals surface area contributed by atoms with Gasteiger partial charge in [-0.25, -0.2) is 0 Å². The summed E-state index contributed by atoms with van der Waals surface area (Å²) in [7, 11) is 1.71. The van der Waals surface area contributed by atoms with Gasteiger partial charge in [0.15, 0.2) is 0 Å². The molecule has 13 heavy (non-hydrogen) atoms. The highest BCUT2D eigenvalue weighted by molar-refractivity contribution is 4.83. The standard InChI is InChI=1S/C10H21NO2/c1-7(8(2)13-3)11-6-10(12)9-4-5-9/h7-12H,4-6H2,1-3H3. The van der Waals surface area contributed by atoms with E-state index in [1.165, 1.54) is 12.8 Å². The second-order valence-electron chi connectivity index (χ2n) is 4.04. The molecule has 3 heteroatoms. The van der Waals surface area contributed by atoms with E-state index >= 15 is 0 Å². The Labute approximate surface area is 80.5 Å². The molecule has 0 spiro atoms. The molecule has 3 unspecified atom stereocenters. The molecule has 0 bridgehead atoms. The highest BCUT2D eigenvalue weighted by atomic mass is 16.5. The van der Waals surface area contributed by atoms with Crippen LogP contribution in [0, 0.1) is 5.92 Å². The maximum Gasteiger partial charge on any atom is 0.0693 e. The largest absolute Gasteiger partial charge is 0.392 e. The number of methoxy groups -OCH3 is 1. The summed E-state index contributed by atoms with van der Waals surface area (Å²) in [6.07, 6.45) is 2.42. The number of rotatable bonds is 6. The molecule has 0 aliphatic heterocycles. The zero-order chi connectivity index (χ0) is 9.84. The SMILES string of the molecule is COC(C)C(C)NCC(O)C1CC1. The molecule has 0 aromatic heterocycles. The van der Waals surface area contributed by atoms with Crippen LogP contribution in [0.2, 0.25) is 0 Å². The van der Waals surface area contributed by atoms with Gasteiger partial charge in [-0.05, 0) is 32.6 Å². The second-order valence-corrected chi connectivity index (χ2v) is 4.04. The Balaban J connectivity index is 2.09. The van der Waals surface area contributed by atoms with Gasteiger partial charge in [0.25, 0.3) is 0 Å². The molecule has 0 radical (unpaired) electrons. The molecule has 1 aliphatic rings. The number of aliphatic hydroxyl groups excluding tert-OH is 1. The first-order valence-corrected chi connectivity index (χ1v) is 5.09. The Morgan fingerprint density at radius 1 is 1.46 bits per heavy atom. The zero-order valence-corrected chi connectivity index (χ0v) is 8.79. The molecule has 1 aliphatic carbocycles. The topological polar surface area (TPSA) is 41.5 Å². The molecule has 3 nitrogen and oxygen atoms in total. The fourth-order valence-electron chi connectivity index (χ4n) is 1.32. The predicted molar refractivity (Wildman–Crippen MR) is 52.7 cm³/mol. The Bertz CT molecular complexity index is 148. The zero-order valence-electron chi connectivity index (χ0n) is 8.79. The minimum absolute atomic E-state index is 0.161. The molecular formula is C10H21NO2. The van der Waals surface area contributed by atoms with Crippen molar-refractivity contribution in [3.63, 3.8) is 0 Å². The number of nitrogens with one attached hydrogen (secondary N) is 1. The molecule has 0 aromatic rings. The van der Waals surface area contributed by atoms with Crippen LogP contribution in [-0.2, 0) is 4.74 Å². The lowest BCUT2D eigenvalue weighted by Gasteiger charge is -2.21. The van der Waals surface area contributed by atoms with E-state index < -0.39 is 0 Å². The summed E-state index contributed by atoms with van der Waals surface area (Å²) in [5.74, 6) is 0.553. The van der Waals surface area contributed by atoms with Crippen molar-refractivity contribution >= 4 is 0 Å². The third kappa shape index (κ3) is 3.63. The molecule has 0 amide bonds. The highest BCUT2D eigenvalue weighted by Crippen LogP contribution is 2.32. The molecule has 0 saturated heterocycles. The first-order valence-electron chi connectivity index (χ1n) is 5.09. The number of ether oxygens (including phenoxy) is 1. The average Bonchev–Trinajstić information content (AvgIpc) is 2.95. The van der Waals surface area contributed by atoms with E-state index in [0.29, 0.717) is 18.5 Å². The van der Waals surface area contributed by atoms with Crippen molar-refractivity contribution in [1.29, 1.82) is 0 Å². The molecule has 0 heterocycles. The monoisotopic (exact) mass is 187 g/mol. The fraction of sp³-hybridized carbons (Fsp3) is 1.00. The molecule has 0 aromatic carbocycles. The minimum Gasteiger partial charge on any atom is -0.392 e. The van der Waals surface area contributed by atoms with Crippen LogP contribution in [0.4, 0.5) is 0 Å². The maximum absolute atomic E-state index is 9.59. The van der Waals surface area contributed by atoms with Gasteiger partial charge in [-0.1, -0.05) is 0 Å². The van der Waals surface area contributed by atoms with Crippen molar-refractivity contribution in [3.05, 3.63) is 0 Å². The summed E-state index contributed by atoms with van der Waals surface area (Å²) in [6.45, 7) is 4.80. The third-order valence-electron chi connectivity index (χ3n) is 2.89. The van der Waals surface area contributed by atoms with Gasteiger partial charge in [0.05, 0.1) is 12.2 Å². The summed E-state index contributed by atoms with van der Waals surface area (Å²) in [5, 5.41) is 12.9. The molecule has 1 saturated carbocycles. The van der Waals surface area contributed by atoms with Crippen LogP contribution in [0.5, 0.6) is 0 Å². The lowest BCUT2D eigenvalue weighted by atomic mass is 10.2. The van der Waals surface area contributed by atoms with Crippen LogP contribution in [0.15, 0.2) is 0 Å². The van der Waals surface area contributed by atoms with Gasteiger partial charge in [-0.3, -0.25) is 0 Å². The van der Waals surface area contributed by atoms with Gasteiger partial charge >= 0.3 is 0 Å². The van der Waals surface area contributed by atoms with Crippen LogP contribution >= 0.6 is 0 Å². The Kier molecular flexibility index (Phi) is 4.16. The van der Waals surface area contributed by atoms with Crippen molar-refractivity contribution in [3.8, 4) is 0 Å². The lowest BCUT2D eigenvalue weighted by molar-refractivity contribution is 0.0778. The first kappa shape index (κ1) is 11.0. The number of hydrogen-bond donors (Lipinski definition) is 2. The Hall–Kier alpha value is -0.120. The second kappa shape index (κ2) is 4.94. The normalized spacial score (nSPS) is 24.0. The van der Waals surface area contributed by atoms with Gasteiger partial charge in [0.1, 0.15) is 0 Å². The van der Waals surface area contributed by atoms with E-state index in [1.807, 2.05) is 6.92 Å². The summed E-state index contributed by atoms with van der Waals surface area (Å²) in [6, 6.07) is 0.304. The molecule has 78 valence electrons. The van der Waals surface area contributed by atoms with Gasteiger partial charge in [-0.15, -0.1) is 0 Å². The van der Waals surface area contributed by atoms with Crippen molar-refractivity contribution in [2.24, 2.45) is 5.92 Å². The third-order valence-corrected chi connectivity index (χ3v) is 2.89. The van der Waals surface area contributed by atoms with E-state index in [2.05, 4.69) is 12.2 Å². The van der Waals surface area contributed by atoms with E-state index in [-0.39, 0.29) is 12.2 Å². The van der Waals surface area contributed by atoms with Crippen molar-refractivity contribution in [2.45, 2.75) is 44.9 Å². The van der Waals surface area contributed by atoms with E-state index in [9.17, 15) is 5.11 Å². The van der Waals surface area contributed by atoms with E-state index in [1.54, 1.807) is 7.11 Å². The van der Waals surface area contributed by atoms with Gasteiger partial charge < -0.3 is 15.2 Å². The van der Waals surface area contributed by atoms with Gasteiger partial charge in [0, 0.05) is 19.7 Å². The smallest absolute Gasteiger partial charge is 0.0693 e. The van der Waals surface area contributed by atoms with Crippen LogP contribution in [-0.4, -0.2) is 37.0 Å². The van der Waals surface area contributed by atoms with Crippen LogP contribution in [0.25, 0.3) is 0 Å². The quantitative estimate of drug-likeness (QED) is 0.645. The summed E-state index contributed by atoms with van der Waals surface area (Å²) < 4.78 is 5.18.